The Hall–Kier alpha value is -3.14. The number of hydrogen-bond acceptors (Lipinski definition) is 7. The lowest BCUT2D eigenvalue weighted by Gasteiger charge is -2.29. The molecule has 0 radical (unpaired) electrons. The summed E-state index contributed by atoms with van der Waals surface area (Å²) in [6.45, 7) is 8.16. The topological polar surface area (TPSA) is 121 Å². The molecule has 1 aromatic rings. The maximum Gasteiger partial charge on any atom is 0.408 e. The Kier molecular flexibility index (Phi) is 9.93. The third-order valence-corrected chi connectivity index (χ3v) is 4.58. The van der Waals surface area contributed by atoms with Crippen LogP contribution >= 0.6 is 0 Å². The lowest BCUT2D eigenvalue weighted by molar-refractivity contribution is -0.172. The van der Waals surface area contributed by atoms with Crippen LogP contribution in [0, 0.1) is 11.8 Å². The van der Waals surface area contributed by atoms with Crippen LogP contribution in [0.1, 0.15) is 46.1 Å². The number of hydroxylamine groups is 1. The minimum Gasteiger partial charge on any atom is -0.445 e. The molecule has 32 heavy (non-hydrogen) atoms. The van der Waals surface area contributed by atoms with Gasteiger partial charge >= 0.3 is 6.09 Å². The molecule has 0 aromatic heterocycles. The van der Waals surface area contributed by atoms with Crippen molar-refractivity contribution in [1.29, 1.82) is 0 Å². The fraction of sp³-hybridized carbons (Fsp3) is 0.545. The SMILES string of the molecule is CC(C)C[C@H](NC(=O)OCc1ccccc1)C(=O)N[C@H](CC(C)C)N1N=C(NC=O)CO1. The predicted molar refractivity (Wildman–Crippen MR) is 119 cm³/mol. The molecule has 0 unspecified atom stereocenters. The summed E-state index contributed by atoms with van der Waals surface area (Å²) in [5.74, 6) is 0.378. The highest BCUT2D eigenvalue weighted by molar-refractivity contribution is 5.91. The van der Waals surface area contributed by atoms with Crippen LogP contribution in [0.2, 0.25) is 0 Å². The molecule has 1 heterocycles. The molecule has 0 spiro atoms. The van der Waals surface area contributed by atoms with Gasteiger partial charge in [0.1, 0.15) is 25.4 Å². The molecule has 2 rings (SSSR count). The fourth-order valence-electron chi connectivity index (χ4n) is 3.13. The van der Waals surface area contributed by atoms with E-state index in [0.717, 1.165) is 5.56 Å². The van der Waals surface area contributed by atoms with Crippen molar-refractivity contribution in [3.05, 3.63) is 35.9 Å². The predicted octanol–water partition coefficient (Wildman–Crippen LogP) is 2.12. The maximum atomic E-state index is 13.1. The first kappa shape index (κ1) is 25.1. The molecule has 1 aromatic carbocycles. The second-order valence-corrected chi connectivity index (χ2v) is 8.43. The van der Waals surface area contributed by atoms with E-state index in [9.17, 15) is 14.4 Å². The van der Waals surface area contributed by atoms with E-state index in [1.54, 1.807) is 0 Å². The van der Waals surface area contributed by atoms with Crippen LogP contribution in [0.15, 0.2) is 35.4 Å². The Labute approximate surface area is 188 Å². The summed E-state index contributed by atoms with van der Waals surface area (Å²) >= 11 is 0. The quantitative estimate of drug-likeness (QED) is 0.447. The van der Waals surface area contributed by atoms with Crippen LogP contribution in [0.5, 0.6) is 0 Å². The Morgan fingerprint density at radius 1 is 1.12 bits per heavy atom. The zero-order valence-corrected chi connectivity index (χ0v) is 19.0. The molecular weight excluding hydrogens is 414 g/mol. The Bertz CT molecular complexity index is 784. The minimum atomic E-state index is -0.785. The van der Waals surface area contributed by atoms with Gasteiger partial charge in [0.15, 0.2) is 5.84 Å². The number of amidine groups is 1. The first-order valence-corrected chi connectivity index (χ1v) is 10.8. The van der Waals surface area contributed by atoms with Crippen molar-refractivity contribution in [2.24, 2.45) is 16.9 Å². The number of carbonyl (C=O) groups is 3. The van der Waals surface area contributed by atoms with Crippen LogP contribution in [0.4, 0.5) is 4.79 Å². The summed E-state index contributed by atoms with van der Waals surface area (Å²) in [5, 5.41) is 13.5. The average molecular weight is 448 g/mol. The van der Waals surface area contributed by atoms with Crippen molar-refractivity contribution < 1.29 is 24.0 Å². The van der Waals surface area contributed by atoms with Gasteiger partial charge in [-0.3, -0.25) is 9.59 Å². The molecule has 0 saturated carbocycles. The minimum absolute atomic E-state index is 0.0999. The van der Waals surface area contributed by atoms with E-state index < -0.39 is 18.3 Å². The molecule has 0 saturated heterocycles. The van der Waals surface area contributed by atoms with Crippen molar-refractivity contribution in [2.45, 2.75) is 59.4 Å². The molecule has 0 fully saturated rings. The molecule has 3 amide bonds. The van der Waals surface area contributed by atoms with Crippen molar-refractivity contribution in [2.75, 3.05) is 6.61 Å². The van der Waals surface area contributed by atoms with E-state index in [-0.39, 0.29) is 31.0 Å². The zero-order valence-electron chi connectivity index (χ0n) is 19.0. The third kappa shape index (κ3) is 8.54. The van der Waals surface area contributed by atoms with Gasteiger partial charge in [-0.05, 0) is 30.2 Å². The van der Waals surface area contributed by atoms with E-state index in [4.69, 9.17) is 9.57 Å². The Balaban J connectivity index is 2.01. The summed E-state index contributed by atoms with van der Waals surface area (Å²) in [6, 6.07) is 8.52. The summed E-state index contributed by atoms with van der Waals surface area (Å²) in [5.41, 5.74) is 0.855. The standard InChI is InChI=1S/C22H33N5O5/c1-15(2)10-18(24-22(30)31-12-17-8-6-5-7-9-17)21(29)25-20(11-16(3)4)27-26-19(13-32-27)23-14-28/h5-9,14-16,18,20H,10-13H2,1-4H3,(H,24,30)(H,25,29)(H,23,26,28)/t18-,20-/m0/s1. The average Bonchev–Trinajstić information content (AvgIpc) is 3.20. The van der Waals surface area contributed by atoms with Crippen molar-refractivity contribution in [3.8, 4) is 0 Å². The number of rotatable bonds is 11. The zero-order chi connectivity index (χ0) is 23.5. The summed E-state index contributed by atoms with van der Waals surface area (Å²) in [4.78, 5) is 41.5. The van der Waals surface area contributed by atoms with Gasteiger partial charge in [-0.15, -0.1) is 10.3 Å². The van der Waals surface area contributed by atoms with E-state index in [1.165, 1.54) is 5.17 Å². The largest absolute Gasteiger partial charge is 0.445 e. The van der Waals surface area contributed by atoms with Gasteiger partial charge in [0.2, 0.25) is 12.3 Å². The molecule has 1 aliphatic heterocycles. The maximum absolute atomic E-state index is 13.1. The number of carbonyl (C=O) groups excluding carboxylic acids is 3. The number of ether oxygens (including phenoxy) is 1. The van der Waals surface area contributed by atoms with Crippen LogP contribution < -0.4 is 16.0 Å². The first-order chi connectivity index (χ1) is 15.3. The van der Waals surface area contributed by atoms with Gasteiger partial charge in [0, 0.05) is 0 Å². The van der Waals surface area contributed by atoms with E-state index in [0.29, 0.717) is 25.1 Å². The number of nitrogens with one attached hydrogen (secondary N) is 3. The van der Waals surface area contributed by atoms with Crippen LogP contribution in [-0.2, 0) is 25.8 Å². The smallest absolute Gasteiger partial charge is 0.408 e. The second-order valence-electron chi connectivity index (χ2n) is 8.43. The summed E-state index contributed by atoms with van der Waals surface area (Å²) < 4.78 is 5.27. The number of hydrogen-bond donors (Lipinski definition) is 3. The molecule has 10 nitrogen and oxygen atoms in total. The van der Waals surface area contributed by atoms with Gasteiger partial charge in [-0.2, -0.15) is 0 Å². The monoisotopic (exact) mass is 447 g/mol. The highest BCUT2D eigenvalue weighted by Crippen LogP contribution is 2.15. The Morgan fingerprint density at radius 2 is 1.81 bits per heavy atom. The molecule has 0 bridgehead atoms. The normalized spacial score (nSPS) is 15.2. The molecule has 1 aliphatic rings. The van der Waals surface area contributed by atoms with E-state index in [2.05, 4.69) is 21.1 Å². The summed E-state index contributed by atoms with van der Waals surface area (Å²) in [7, 11) is 0. The molecule has 10 heteroatoms. The van der Waals surface area contributed by atoms with Gasteiger partial charge in [-0.1, -0.05) is 58.0 Å². The Morgan fingerprint density at radius 3 is 2.44 bits per heavy atom. The van der Waals surface area contributed by atoms with Gasteiger partial charge in [0.05, 0.1) is 0 Å². The fourth-order valence-corrected chi connectivity index (χ4v) is 3.13. The van der Waals surface area contributed by atoms with Crippen molar-refractivity contribution >= 4 is 24.2 Å². The molecule has 2 atom stereocenters. The number of nitrogens with zero attached hydrogens (tertiary/aromatic N) is 2. The molecule has 3 N–H and O–H groups in total. The van der Waals surface area contributed by atoms with Gasteiger partial charge < -0.3 is 20.7 Å². The lowest BCUT2D eigenvalue weighted by atomic mass is 10.0. The lowest BCUT2D eigenvalue weighted by Crippen LogP contribution is -2.53. The van der Waals surface area contributed by atoms with Crippen LogP contribution in [0.25, 0.3) is 0 Å². The van der Waals surface area contributed by atoms with Gasteiger partial charge in [0.25, 0.3) is 0 Å². The number of amides is 3. The number of alkyl carbamates (subject to hydrolysis) is 1. The van der Waals surface area contributed by atoms with E-state index >= 15 is 0 Å². The molecule has 0 aliphatic carbocycles. The molecular formula is C22H33N5O5. The van der Waals surface area contributed by atoms with E-state index in [1.807, 2.05) is 58.0 Å². The van der Waals surface area contributed by atoms with Gasteiger partial charge in [-0.25, -0.2) is 9.63 Å². The first-order valence-electron chi connectivity index (χ1n) is 10.8. The van der Waals surface area contributed by atoms with Crippen LogP contribution in [-0.4, -0.2) is 48.2 Å². The number of benzene rings is 1. The number of hydrazone groups is 1. The third-order valence-electron chi connectivity index (χ3n) is 4.58. The van der Waals surface area contributed by atoms with Crippen LogP contribution in [0.3, 0.4) is 0 Å². The molecule has 176 valence electrons. The highest BCUT2D eigenvalue weighted by Gasteiger charge is 2.30. The summed E-state index contributed by atoms with van der Waals surface area (Å²) in [6.07, 6.45) is 0.276. The second kappa shape index (κ2) is 12.7. The highest BCUT2D eigenvalue weighted by atomic mass is 16.7. The van der Waals surface area contributed by atoms with Crippen molar-refractivity contribution in [3.63, 3.8) is 0 Å². The van der Waals surface area contributed by atoms with Crippen molar-refractivity contribution in [1.82, 2.24) is 21.1 Å².